The quantitative estimate of drug-likeness (QED) is 0.922. The van der Waals surface area contributed by atoms with Crippen LogP contribution in [0.3, 0.4) is 0 Å². The Morgan fingerprint density at radius 1 is 1.27 bits per heavy atom. The third-order valence-corrected chi connectivity index (χ3v) is 3.15. The number of hydrogen-bond acceptors (Lipinski definition) is 3. The molecule has 0 aliphatic rings. The molecule has 2 aromatic rings. The summed E-state index contributed by atoms with van der Waals surface area (Å²) in [5, 5.41) is 2.78. The van der Waals surface area contributed by atoms with E-state index in [1.54, 1.807) is 36.5 Å². The molecule has 0 saturated carbocycles. The average molecular weight is 299 g/mol. The monoisotopic (exact) mass is 299 g/mol. The number of aromatic nitrogens is 1. The van der Waals surface area contributed by atoms with Gasteiger partial charge in [-0.1, -0.05) is 6.07 Å². The molecule has 1 aromatic carbocycles. The third kappa shape index (κ3) is 4.77. The number of pyridine rings is 1. The van der Waals surface area contributed by atoms with E-state index in [1.807, 2.05) is 26.0 Å². The Morgan fingerprint density at radius 3 is 2.64 bits per heavy atom. The molecule has 1 N–H and O–H groups in total. The molecule has 1 aromatic heterocycles. The van der Waals surface area contributed by atoms with Crippen LogP contribution in [0.5, 0.6) is 5.75 Å². The van der Waals surface area contributed by atoms with Gasteiger partial charge in [0, 0.05) is 13.2 Å². The summed E-state index contributed by atoms with van der Waals surface area (Å²) in [6, 6.07) is 9.46. The maximum absolute atomic E-state index is 12.0. The zero-order chi connectivity index (χ0) is 15.9. The number of ether oxygens (including phenoxy) is 1. The molecule has 2 rings (SSSR count). The fraction of sp³-hybridized carbons (Fsp3) is 0.294. The van der Waals surface area contributed by atoms with Gasteiger partial charge in [-0.05, 0) is 49.2 Å². The van der Waals surface area contributed by atoms with Crippen LogP contribution >= 0.6 is 0 Å². The third-order valence-electron chi connectivity index (χ3n) is 3.15. The number of nitrogens with zero attached hydrogens (tertiary/aromatic N) is 2. The molecule has 0 radical (unpaired) electrons. The van der Waals surface area contributed by atoms with Crippen molar-refractivity contribution in [1.29, 1.82) is 0 Å². The van der Waals surface area contributed by atoms with E-state index in [0.717, 1.165) is 16.9 Å². The summed E-state index contributed by atoms with van der Waals surface area (Å²) in [5.74, 6) is 0.832. The van der Waals surface area contributed by atoms with Crippen molar-refractivity contribution in [3.63, 3.8) is 0 Å². The normalized spacial score (nSPS) is 10.1. The zero-order valence-electron chi connectivity index (χ0n) is 13.2. The van der Waals surface area contributed by atoms with Crippen molar-refractivity contribution in [1.82, 2.24) is 9.88 Å². The molecule has 5 nitrogen and oxygen atoms in total. The molecule has 5 heteroatoms. The lowest BCUT2D eigenvalue weighted by molar-refractivity contribution is 0.207. The number of carbonyl (C=O) groups is 1. The van der Waals surface area contributed by atoms with Gasteiger partial charge in [0.1, 0.15) is 12.4 Å². The Kier molecular flexibility index (Phi) is 5.36. The van der Waals surface area contributed by atoms with Crippen LogP contribution in [0.2, 0.25) is 0 Å². The summed E-state index contributed by atoms with van der Waals surface area (Å²) in [5.41, 5.74) is 3.00. The van der Waals surface area contributed by atoms with Crippen LogP contribution in [0, 0.1) is 13.8 Å². The largest absolute Gasteiger partial charge is 0.492 e. The molecule has 0 aliphatic heterocycles. The van der Waals surface area contributed by atoms with E-state index in [4.69, 9.17) is 4.74 Å². The minimum absolute atomic E-state index is 0.183. The summed E-state index contributed by atoms with van der Waals surface area (Å²) in [6.07, 6.45) is 3.27. The Hall–Kier alpha value is -2.56. The molecule has 0 unspecified atom stereocenters. The lowest BCUT2D eigenvalue weighted by Gasteiger charge is -2.18. The molecule has 0 saturated heterocycles. The Labute approximate surface area is 130 Å². The average Bonchev–Trinajstić information content (AvgIpc) is 2.47. The SMILES string of the molecule is Cc1cc(C)cc(OCCN(C)C(=O)Nc2cccnc2)c1. The van der Waals surface area contributed by atoms with Crippen molar-refractivity contribution >= 4 is 11.7 Å². The van der Waals surface area contributed by atoms with Gasteiger partial charge >= 0.3 is 6.03 Å². The molecule has 0 atom stereocenters. The Bertz CT molecular complexity index is 609. The number of aryl methyl sites for hydroxylation is 2. The highest BCUT2D eigenvalue weighted by Crippen LogP contribution is 2.16. The van der Waals surface area contributed by atoms with Gasteiger partial charge in [0.05, 0.1) is 18.4 Å². The standard InChI is InChI=1S/C17H21N3O2/c1-13-9-14(2)11-16(10-13)22-8-7-20(3)17(21)19-15-5-4-6-18-12-15/h4-6,9-12H,7-8H2,1-3H3,(H,19,21). The molecular formula is C17H21N3O2. The summed E-state index contributed by atoms with van der Waals surface area (Å²) >= 11 is 0. The molecule has 116 valence electrons. The van der Waals surface area contributed by atoms with Crippen LogP contribution in [0.15, 0.2) is 42.7 Å². The molecular weight excluding hydrogens is 278 g/mol. The molecule has 22 heavy (non-hydrogen) atoms. The van der Waals surface area contributed by atoms with E-state index < -0.39 is 0 Å². The van der Waals surface area contributed by atoms with Gasteiger partial charge in [0.2, 0.25) is 0 Å². The van der Waals surface area contributed by atoms with Gasteiger partial charge in [-0.25, -0.2) is 4.79 Å². The van der Waals surface area contributed by atoms with E-state index in [1.165, 1.54) is 0 Å². The number of amides is 2. The second-order valence-corrected chi connectivity index (χ2v) is 5.27. The van der Waals surface area contributed by atoms with E-state index in [9.17, 15) is 4.79 Å². The zero-order valence-corrected chi connectivity index (χ0v) is 13.2. The number of benzene rings is 1. The smallest absolute Gasteiger partial charge is 0.321 e. The predicted molar refractivity (Wildman–Crippen MR) is 87.3 cm³/mol. The Balaban J connectivity index is 1.79. The molecule has 0 aliphatic carbocycles. The van der Waals surface area contributed by atoms with E-state index in [-0.39, 0.29) is 6.03 Å². The van der Waals surface area contributed by atoms with Crippen molar-refractivity contribution in [2.75, 3.05) is 25.5 Å². The van der Waals surface area contributed by atoms with Crippen LogP contribution in [0.4, 0.5) is 10.5 Å². The first kappa shape index (κ1) is 15.8. The topological polar surface area (TPSA) is 54.5 Å². The number of anilines is 1. The minimum atomic E-state index is -0.183. The van der Waals surface area contributed by atoms with Crippen molar-refractivity contribution < 1.29 is 9.53 Å². The summed E-state index contributed by atoms with van der Waals surface area (Å²) in [7, 11) is 1.73. The summed E-state index contributed by atoms with van der Waals surface area (Å²) in [4.78, 5) is 17.5. The van der Waals surface area contributed by atoms with Crippen LogP contribution < -0.4 is 10.1 Å². The fourth-order valence-corrected chi connectivity index (χ4v) is 2.07. The van der Waals surface area contributed by atoms with Crippen LogP contribution in [0.25, 0.3) is 0 Å². The highest BCUT2D eigenvalue weighted by molar-refractivity contribution is 5.88. The van der Waals surface area contributed by atoms with Crippen LogP contribution in [0.1, 0.15) is 11.1 Å². The minimum Gasteiger partial charge on any atom is -0.492 e. The number of urea groups is 1. The number of hydrogen-bond donors (Lipinski definition) is 1. The molecule has 2 amide bonds. The maximum atomic E-state index is 12.0. The van der Waals surface area contributed by atoms with Gasteiger partial charge < -0.3 is 15.0 Å². The summed E-state index contributed by atoms with van der Waals surface area (Å²) < 4.78 is 5.70. The second-order valence-electron chi connectivity index (χ2n) is 5.27. The molecule has 0 fully saturated rings. The first-order chi connectivity index (χ1) is 10.5. The van der Waals surface area contributed by atoms with Crippen LogP contribution in [-0.4, -0.2) is 36.1 Å². The highest BCUT2D eigenvalue weighted by Gasteiger charge is 2.08. The number of likely N-dealkylation sites (N-methyl/N-ethyl adjacent to an activating group) is 1. The predicted octanol–water partition coefficient (Wildman–Crippen LogP) is 3.24. The Morgan fingerprint density at radius 2 is 2.00 bits per heavy atom. The van der Waals surface area contributed by atoms with Gasteiger partial charge in [-0.15, -0.1) is 0 Å². The molecule has 0 bridgehead atoms. The molecule has 1 heterocycles. The highest BCUT2D eigenvalue weighted by atomic mass is 16.5. The lowest BCUT2D eigenvalue weighted by Crippen LogP contribution is -2.34. The van der Waals surface area contributed by atoms with Gasteiger partial charge in [0.15, 0.2) is 0 Å². The maximum Gasteiger partial charge on any atom is 0.321 e. The van der Waals surface area contributed by atoms with Gasteiger partial charge in [-0.3, -0.25) is 4.98 Å². The van der Waals surface area contributed by atoms with Crippen molar-refractivity contribution in [2.24, 2.45) is 0 Å². The van der Waals surface area contributed by atoms with E-state index >= 15 is 0 Å². The number of rotatable bonds is 5. The first-order valence-electron chi connectivity index (χ1n) is 7.18. The van der Waals surface area contributed by atoms with Gasteiger partial charge in [-0.2, -0.15) is 0 Å². The summed E-state index contributed by atoms with van der Waals surface area (Å²) in [6.45, 7) is 5.01. The van der Waals surface area contributed by atoms with E-state index in [0.29, 0.717) is 18.8 Å². The molecule has 0 spiro atoms. The van der Waals surface area contributed by atoms with Crippen molar-refractivity contribution in [3.05, 3.63) is 53.9 Å². The first-order valence-corrected chi connectivity index (χ1v) is 7.18. The van der Waals surface area contributed by atoms with Crippen molar-refractivity contribution in [3.8, 4) is 5.75 Å². The second kappa shape index (κ2) is 7.45. The van der Waals surface area contributed by atoms with Gasteiger partial charge in [0.25, 0.3) is 0 Å². The lowest BCUT2D eigenvalue weighted by atomic mass is 10.1. The fourth-order valence-electron chi connectivity index (χ4n) is 2.07. The van der Waals surface area contributed by atoms with Crippen LogP contribution in [-0.2, 0) is 0 Å². The van der Waals surface area contributed by atoms with Crippen molar-refractivity contribution in [2.45, 2.75) is 13.8 Å². The van der Waals surface area contributed by atoms with E-state index in [2.05, 4.69) is 16.4 Å². The number of carbonyl (C=O) groups excluding carboxylic acids is 1. The number of nitrogens with one attached hydrogen (secondary N) is 1.